The highest BCUT2D eigenvalue weighted by atomic mass is 16.4. The zero-order valence-corrected chi connectivity index (χ0v) is 11.5. The molecule has 1 saturated heterocycles. The van der Waals surface area contributed by atoms with Crippen molar-refractivity contribution in [3.63, 3.8) is 0 Å². The first-order valence-electron chi connectivity index (χ1n) is 7.11. The number of carboxylic acids is 1. The number of carboxylic acid groups (broad SMARTS) is 1. The summed E-state index contributed by atoms with van der Waals surface area (Å²) in [5.41, 5.74) is 0. The van der Waals surface area contributed by atoms with Crippen LogP contribution in [0.15, 0.2) is 0 Å². The van der Waals surface area contributed by atoms with Crippen LogP contribution >= 0.6 is 0 Å². The molecular formula is C14H25NO3. The van der Waals surface area contributed by atoms with Crippen molar-refractivity contribution < 1.29 is 14.7 Å². The first-order valence-corrected chi connectivity index (χ1v) is 7.11. The van der Waals surface area contributed by atoms with Gasteiger partial charge in [0.2, 0.25) is 5.91 Å². The summed E-state index contributed by atoms with van der Waals surface area (Å²) in [6, 6.07) is 0. The van der Waals surface area contributed by atoms with Gasteiger partial charge in [0.15, 0.2) is 0 Å². The van der Waals surface area contributed by atoms with E-state index in [4.69, 9.17) is 5.11 Å². The van der Waals surface area contributed by atoms with Crippen LogP contribution in [0.5, 0.6) is 0 Å². The molecule has 0 spiro atoms. The Kier molecular flexibility index (Phi) is 6.16. The van der Waals surface area contributed by atoms with Gasteiger partial charge < -0.3 is 10.0 Å². The van der Waals surface area contributed by atoms with Crippen LogP contribution in [-0.2, 0) is 9.59 Å². The molecule has 1 aliphatic rings. The summed E-state index contributed by atoms with van der Waals surface area (Å²) in [5.74, 6) is -0.876. The zero-order chi connectivity index (χ0) is 13.5. The van der Waals surface area contributed by atoms with E-state index in [2.05, 4.69) is 13.8 Å². The van der Waals surface area contributed by atoms with E-state index in [1.54, 1.807) is 4.90 Å². The lowest BCUT2D eigenvalue weighted by Gasteiger charge is -2.33. The lowest BCUT2D eigenvalue weighted by Crippen LogP contribution is -2.44. The molecule has 18 heavy (non-hydrogen) atoms. The summed E-state index contributed by atoms with van der Waals surface area (Å²) in [5, 5.41) is 9.05. The third-order valence-corrected chi connectivity index (χ3v) is 3.71. The second kappa shape index (κ2) is 7.39. The summed E-state index contributed by atoms with van der Waals surface area (Å²) >= 11 is 0. The molecule has 1 aliphatic heterocycles. The lowest BCUT2D eigenvalue weighted by molar-refractivity contribution is -0.147. The van der Waals surface area contributed by atoms with Crippen molar-refractivity contribution in [3.8, 4) is 0 Å². The summed E-state index contributed by atoms with van der Waals surface area (Å²) < 4.78 is 0. The third-order valence-electron chi connectivity index (χ3n) is 3.71. The van der Waals surface area contributed by atoms with Crippen LogP contribution in [0.4, 0.5) is 0 Å². The van der Waals surface area contributed by atoms with E-state index in [0.717, 1.165) is 38.6 Å². The molecule has 0 aromatic carbocycles. The normalized spacial score (nSPS) is 20.2. The summed E-state index contributed by atoms with van der Waals surface area (Å²) in [6.45, 7) is 5.31. The van der Waals surface area contributed by atoms with Crippen LogP contribution in [0.3, 0.4) is 0 Å². The monoisotopic (exact) mass is 255 g/mol. The van der Waals surface area contributed by atoms with Crippen molar-refractivity contribution in [2.24, 2.45) is 11.8 Å². The highest BCUT2D eigenvalue weighted by molar-refractivity contribution is 5.80. The molecule has 104 valence electrons. The number of amides is 1. The van der Waals surface area contributed by atoms with Crippen molar-refractivity contribution in [1.29, 1.82) is 0 Å². The minimum Gasteiger partial charge on any atom is -0.481 e. The van der Waals surface area contributed by atoms with Gasteiger partial charge in [-0.2, -0.15) is 0 Å². The van der Waals surface area contributed by atoms with Crippen molar-refractivity contribution in [3.05, 3.63) is 0 Å². The molecule has 0 radical (unpaired) electrons. The maximum Gasteiger partial charge on any atom is 0.308 e. The van der Waals surface area contributed by atoms with Gasteiger partial charge in [-0.1, -0.05) is 26.7 Å². The number of rotatable bonds is 6. The standard InChI is InChI=1S/C14H25NO3/c1-3-6-11(7-4-2)13(16)15-9-5-8-12(10-15)14(17)18/h11-12H,3-10H2,1-2H3,(H,17,18). The summed E-state index contributed by atoms with van der Waals surface area (Å²) in [4.78, 5) is 25.2. The topological polar surface area (TPSA) is 57.6 Å². The number of likely N-dealkylation sites (tertiary alicyclic amines) is 1. The Morgan fingerprint density at radius 1 is 1.28 bits per heavy atom. The molecule has 0 aliphatic carbocycles. The first kappa shape index (κ1) is 15.0. The molecule has 1 atom stereocenters. The number of hydrogen-bond acceptors (Lipinski definition) is 2. The van der Waals surface area contributed by atoms with E-state index in [9.17, 15) is 9.59 Å². The smallest absolute Gasteiger partial charge is 0.308 e. The van der Waals surface area contributed by atoms with E-state index >= 15 is 0 Å². The van der Waals surface area contributed by atoms with E-state index in [1.165, 1.54) is 0 Å². The van der Waals surface area contributed by atoms with Gasteiger partial charge in [-0.25, -0.2) is 0 Å². The van der Waals surface area contributed by atoms with Crippen molar-refractivity contribution in [2.75, 3.05) is 13.1 Å². The van der Waals surface area contributed by atoms with Gasteiger partial charge in [-0.05, 0) is 25.7 Å². The van der Waals surface area contributed by atoms with Crippen LogP contribution < -0.4 is 0 Å². The highest BCUT2D eigenvalue weighted by Gasteiger charge is 2.30. The lowest BCUT2D eigenvalue weighted by atomic mass is 9.93. The maximum absolute atomic E-state index is 12.4. The summed E-state index contributed by atoms with van der Waals surface area (Å²) in [7, 11) is 0. The molecule has 1 amide bonds. The first-order chi connectivity index (χ1) is 8.60. The minimum absolute atomic E-state index is 0.0903. The van der Waals surface area contributed by atoms with Crippen molar-refractivity contribution >= 4 is 11.9 Å². The average molecular weight is 255 g/mol. The van der Waals surface area contributed by atoms with Gasteiger partial charge in [-0.3, -0.25) is 9.59 Å². The van der Waals surface area contributed by atoms with E-state index in [-0.39, 0.29) is 17.7 Å². The molecule has 1 N–H and O–H groups in total. The number of aliphatic carboxylic acids is 1. The van der Waals surface area contributed by atoms with Gasteiger partial charge in [0.25, 0.3) is 0 Å². The van der Waals surface area contributed by atoms with Crippen LogP contribution in [0.25, 0.3) is 0 Å². The van der Waals surface area contributed by atoms with E-state index in [1.807, 2.05) is 0 Å². The fourth-order valence-electron chi connectivity index (χ4n) is 2.73. The number of hydrogen-bond donors (Lipinski definition) is 1. The van der Waals surface area contributed by atoms with Gasteiger partial charge in [0, 0.05) is 19.0 Å². The number of nitrogens with zero attached hydrogens (tertiary/aromatic N) is 1. The largest absolute Gasteiger partial charge is 0.481 e. The minimum atomic E-state index is -0.768. The number of piperidine rings is 1. The molecule has 0 aromatic heterocycles. The van der Waals surface area contributed by atoms with Crippen LogP contribution in [-0.4, -0.2) is 35.0 Å². The van der Waals surface area contributed by atoms with Gasteiger partial charge in [-0.15, -0.1) is 0 Å². The Morgan fingerprint density at radius 3 is 2.39 bits per heavy atom. The molecule has 1 rings (SSSR count). The van der Waals surface area contributed by atoms with Crippen molar-refractivity contribution in [1.82, 2.24) is 4.90 Å². The predicted octanol–water partition coefficient (Wildman–Crippen LogP) is 2.53. The third kappa shape index (κ3) is 4.00. The van der Waals surface area contributed by atoms with Gasteiger partial charge in [0.05, 0.1) is 5.92 Å². The van der Waals surface area contributed by atoms with E-state index < -0.39 is 5.97 Å². The molecule has 4 nitrogen and oxygen atoms in total. The van der Waals surface area contributed by atoms with Gasteiger partial charge in [0.1, 0.15) is 0 Å². The Balaban J connectivity index is 2.60. The average Bonchev–Trinajstić information content (AvgIpc) is 2.38. The predicted molar refractivity (Wildman–Crippen MR) is 70.2 cm³/mol. The Bertz CT molecular complexity index is 285. The quantitative estimate of drug-likeness (QED) is 0.793. The van der Waals surface area contributed by atoms with Crippen molar-refractivity contribution in [2.45, 2.75) is 52.4 Å². The molecule has 0 bridgehead atoms. The molecular weight excluding hydrogens is 230 g/mol. The van der Waals surface area contributed by atoms with Crippen LogP contribution in [0.1, 0.15) is 52.4 Å². The van der Waals surface area contributed by atoms with Crippen LogP contribution in [0.2, 0.25) is 0 Å². The second-order valence-electron chi connectivity index (χ2n) is 5.24. The Hall–Kier alpha value is -1.06. The highest BCUT2D eigenvalue weighted by Crippen LogP contribution is 2.22. The van der Waals surface area contributed by atoms with Gasteiger partial charge >= 0.3 is 5.97 Å². The fourth-order valence-corrected chi connectivity index (χ4v) is 2.73. The molecule has 1 heterocycles. The molecule has 0 saturated carbocycles. The fraction of sp³-hybridized carbons (Fsp3) is 0.857. The van der Waals surface area contributed by atoms with Crippen LogP contribution in [0, 0.1) is 11.8 Å². The number of carbonyl (C=O) groups excluding carboxylic acids is 1. The second-order valence-corrected chi connectivity index (χ2v) is 5.24. The summed E-state index contributed by atoms with van der Waals surface area (Å²) in [6.07, 6.45) is 5.36. The maximum atomic E-state index is 12.4. The number of carbonyl (C=O) groups is 2. The molecule has 0 aromatic rings. The molecule has 1 unspecified atom stereocenters. The zero-order valence-electron chi connectivity index (χ0n) is 11.5. The Labute approximate surface area is 109 Å². The molecule has 4 heteroatoms. The SMILES string of the molecule is CCCC(CCC)C(=O)N1CCCC(C(=O)O)C1. The Morgan fingerprint density at radius 2 is 1.89 bits per heavy atom. The van der Waals surface area contributed by atoms with E-state index in [0.29, 0.717) is 13.0 Å². The molecule has 1 fully saturated rings.